The number of rotatable bonds is 4. The molecule has 0 aliphatic carbocycles. The van der Waals surface area contributed by atoms with Gasteiger partial charge in [-0.2, -0.15) is 0 Å². The Bertz CT molecular complexity index is 524. The summed E-state index contributed by atoms with van der Waals surface area (Å²) in [4.78, 5) is 28.4. The Morgan fingerprint density at radius 2 is 2.00 bits per heavy atom. The molecule has 2 heterocycles. The molecule has 1 amide bonds. The van der Waals surface area contributed by atoms with Gasteiger partial charge in [0.1, 0.15) is 0 Å². The summed E-state index contributed by atoms with van der Waals surface area (Å²) < 4.78 is 1.62. The van der Waals surface area contributed by atoms with Gasteiger partial charge in [0.2, 0.25) is 5.91 Å². The molecule has 1 aromatic rings. The predicted octanol–water partition coefficient (Wildman–Crippen LogP) is 0.414. The number of amides is 1. The van der Waals surface area contributed by atoms with E-state index in [0.29, 0.717) is 32.0 Å². The molecule has 0 radical (unpaired) electrons. The summed E-state index contributed by atoms with van der Waals surface area (Å²) in [5.74, 6) is 0.419. The summed E-state index contributed by atoms with van der Waals surface area (Å²) in [6.45, 7) is 5.79. The van der Waals surface area contributed by atoms with Gasteiger partial charge in [-0.05, 0) is 32.6 Å². The zero-order valence-corrected chi connectivity index (χ0v) is 12.2. The van der Waals surface area contributed by atoms with E-state index in [4.69, 9.17) is 5.11 Å². The minimum Gasteiger partial charge on any atom is -0.396 e. The van der Waals surface area contributed by atoms with E-state index >= 15 is 0 Å². The van der Waals surface area contributed by atoms with Crippen LogP contribution in [0.3, 0.4) is 0 Å². The van der Waals surface area contributed by atoms with E-state index in [1.807, 2.05) is 18.7 Å². The maximum atomic E-state index is 12.1. The van der Waals surface area contributed by atoms with Crippen molar-refractivity contribution in [1.82, 2.24) is 14.5 Å². The number of aliphatic hydroxyl groups is 1. The topological polar surface area (TPSA) is 78.3 Å². The number of imidazole rings is 1. The first kappa shape index (κ1) is 14.8. The first-order valence-electron chi connectivity index (χ1n) is 7.17. The first-order valence-corrected chi connectivity index (χ1v) is 7.17. The second-order valence-electron chi connectivity index (χ2n) is 5.55. The molecule has 6 heteroatoms. The number of aromatic amines is 1. The van der Waals surface area contributed by atoms with E-state index in [2.05, 4.69) is 4.98 Å². The molecule has 1 aliphatic rings. The van der Waals surface area contributed by atoms with Crippen LogP contribution in [0.25, 0.3) is 0 Å². The molecular weight excluding hydrogens is 258 g/mol. The number of aryl methyl sites for hydroxylation is 1. The Morgan fingerprint density at radius 3 is 2.50 bits per heavy atom. The molecule has 6 nitrogen and oxygen atoms in total. The summed E-state index contributed by atoms with van der Waals surface area (Å²) in [5, 5.41) is 9.09. The third kappa shape index (κ3) is 3.12. The third-order valence-electron chi connectivity index (χ3n) is 4.26. The molecular formula is C14H23N3O3. The van der Waals surface area contributed by atoms with Gasteiger partial charge in [0.05, 0.1) is 0 Å². The molecule has 1 saturated heterocycles. The van der Waals surface area contributed by atoms with Crippen molar-refractivity contribution in [2.45, 2.75) is 39.7 Å². The molecule has 1 aromatic heterocycles. The maximum absolute atomic E-state index is 12.1. The summed E-state index contributed by atoms with van der Waals surface area (Å²) in [7, 11) is 0. The number of aliphatic hydroxyl groups excluding tert-OH is 1. The molecule has 20 heavy (non-hydrogen) atoms. The lowest BCUT2D eigenvalue weighted by Crippen LogP contribution is -2.39. The standard InChI is InChI=1S/C14H23N3O3/c1-10-11(2)17(14(20)15-10)8-5-13(19)16-6-3-12(9-18)4-7-16/h12,18H,3-9H2,1-2H3,(H,15,20). The van der Waals surface area contributed by atoms with Gasteiger partial charge in [-0.3, -0.25) is 9.36 Å². The van der Waals surface area contributed by atoms with E-state index in [1.165, 1.54) is 0 Å². The Labute approximate surface area is 118 Å². The van der Waals surface area contributed by atoms with Crippen LogP contribution in [0.5, 0.6) is 0 Å². The Hall–Kier alpha value is -1.56. The zero-order valence-electron chi connectivity index (χ0n) is 12.2. The number of H-pyrrole nitrogens is 1. The molecule has 0 unspecified atom stereocenters. The Morgan fingerprint density at radius 1 is 1.35 bits per heavy atom. The van der Waals surface area contributed by atoms with Gasteiger partial charge in [-0.25, -0.2) is 4.79 Å². The van der Waals surface area contributed by atoms with Crippen molar-refractivity contribution in [3.8, 4) is 0 Å². The highest BCUT2D eigenvalue weighted by Crippen LogP contribution is 2.17. The van der Waals surface area contributed by atoms with Crippen LogP contribution in [0.2, 0.25) is 0 Å². The number of carbonyl (C=O) groups is 1. The lowest BCUT2D eigenvalue weighted by molar-refractivity contribution is -0.133. The number of hydrogen-bond acceptors (Lipinski definition) is 3. The van der Waals surface area contributed by atoms with Gasteiger partial charge < -0.3 is 15.0 Å². The highest BCUT2D eigenvalue weighted by molar-refractivity contribution is 5.76. The summed E-state index contributed by atoms with van der Waals surface area (Å²) in [6.07, 6.45) is 2.08. The second kappa shape index (κ2) is 6.26. The van der Waals surface area contributed by atoms with Crippen LogP contribution in [0.1, 0.15) is 30.7 Å². The van der Waals surface area contributed by atoms with E-state index in [0.717, 1.165) is 24.2 Å². The number of aromatic nitrogens is 2. The van der Waals surface area contributed by atoms with Gasteiger partial charge in [0.25, 0.3) is 0 Å². The third-order valence-corrected chi connectivity index (χ3v) is 4.26. The number of likely N-dealkylation sites (tertiary alicyclic amines) is 1. The molecule has 2 N–H and O–H groups in total. The van der Waals surface area contributed by atoms with Gasteiger partial charge in [-0.1, -0.05) is 0 Å². The number of hydrogen-bond donors (Lipinski definition) is 2. The maximum Gasteiger partial charge on any atom is 0.325 e. The predicted molar refractivity (Wildman–Crippen MR) is 75.5 cm³/mol. The number of nitrogens with one attached hydrogen (secondary N) is 1. The lowest BCUT2D eigenvalue weighted by atomic mass is 9.98. The fourth-order valence-corrected chi connectivity index (χ4v) is 2.67. The summed E-state index contributed by atoms with van der Waals surface area (Å²) >= 11 is 0. The van der Waals surface area contributed by atoms with Crippen LogP contribution in [0.15, 0.2) is 4.79 Å². The van der Waals surface area contributed by atoms with E-state index in [1.54, 1.807) is 4.57 Å². The normalized spacial score (nSPS) is 16.6. The van der Waals surface area contributed by atoms with Crippen molar-refractivity contribution >= 4 is 5.91 Å². The first-order chi connectivity index (χ1) is 9.52. The largest absolute Gasteiger partial charge is 0.396 e. The van der Waals surface area contributed by atoms with Crippen molar-refractivity contribution in [2.75, 3.05) is 19.7 Å². The van der Waals surface area contributed by atoms with Crippen LogP contribution in [0, 0.1) is 19.8 Å². The van der Waals surface area contributed by atoms with Crippen LogP contribution in [-0.4, -0.2) is 45.2 Å². The van der Waals surface area contributed by atoms with E-state index < -0.39 is 0 Å². The molecule has 0 bridgehead atoms. The van der Waals surface area contributed by atoms with Gasteiger partial charge in [0.15, 0.2) is 0 Å². The smallest absolute Gasteiger partial charge is 0.325 e. The summed E-state index contributed by atoms with van der Waals surface area (Å²) in [5.41, 5.74) is 1.60. The van der Waals surface area contributed by atoms with Crippen LogP contribution in [0.4, 0.5) is 0 Å². The molecule has 0 atom stereocenters. The van der Waals surface area contributed by atoms with Gasteiger partial charge in [0, 0.05) is 44.0 Å². The highest BCUT2D eigenvalue weighted by Gasteiger charge is 2.22. The van der Waals surface area contributed by atoms with Crippen molar-refractivity contribution in [3.63, 3.8) is 0 Å². The van der Waals surface area contributed by atoms with Crippen molar-refractivity contribution < 1.29 is 9.90 Å². The van der Waals surface area contributed by atoms with Crippen LogP contribution < -0.4 is 5.69 Å². The second-order valence-corrected chi connectivity index (χ2v) is 5.55. The number of nitrogens with zero attached hydrogens (tertiary/aromatic N) is 2. The van der Waals surface area contributed by atoms with Crippen molar-refractivity contribution in [2.24, 2.45) is 5.92 Å². The minimum atomic E-state index is -0.146. The number of piperidine rings is 1. The minimum absolute atomic E-state index is 0.0894. The van der Waals surface area contributed by atoms with Crippen molar-refractivity contribution in [1.29, 1.82) is 0 Å². The lowest BCUT2D eigenvalue weighted by Gasteiger charge is -2.31. The molecule has 112 valence electrons. The van der Waals surface area contributed by atoms with Gasteiger partial charge in [-0.15, -0.1) is 0 Å². The average Bonchev–Trinajstić information content (AvgIpc) is 2.70. The molecule has 0 saturated carbocycles. The van der Waals surface area contributed by atoms with E-state index in [-0.39, 0.29) is 18.2 Å². The Kier molecular flexibility index (Phi) is 4.65. The molecule has 1 aliphatic heterocycles. The highest BCUT2D eigenvalue weighted by atomic mass is 16.3. The SMILES string of the molecule is Cc1[nH]c(=O)n(CCC(=O)N2CCC(CO)CC2)c1C. The Balaban J connectivity index is 1.88. The molecule has 0 aromatic carbocycles. The van der Waals surface area contributed by atoms with Crippen LogP contribution >= 0.6 is 0 Å². The van der Waals surface area contributed by atoms with Gasteiger partial charge >= 0.3 is 5.69 Å². The molecule has 2 rings (SSSR count). The van der Waals surface area contributed by atoms with Crippen LogP contribution in [-0.2, 0) is 11.3 Å². The fraction of sp³-hybridized carbons (Fsp3) is 0.714. The number of carbonyl (C=O) groups excluding carboxylic acids is 1. The van der Waals surface area contributed by atoms with E-state index in [9.17, 15) is 9.59 Å². The monoisotopic (exact) mass is 281 g/mol. The average molecular weight is 281 g/mol. The van der Waals surface area contributed by atoms with Crippen molar-refractivity contribution in [3.05, 3.63) is 21.9 Å². The molecule has 0 spiro atoms. The summed E-state index contributed by atoms with van der Waals surface area (Å²) in [6, 6.07) is 0. The quantitative estimate of drug-likeness (QED) is 0.839. The molecule has 1 fully saturated rings. The zero-order chi connectivity index (χ0) is 14.7. The fourth-order valence-electron chi connectivity index (χ4n) is 2.67.